The average Bonchev–Trinajstić information content (AvgIpc) is 2.86. The highest BCUT2D eigenvalue weighted by molar-refractivity contribution is 6.33. The van der Waals surface area contributed by atoms with Crippen LogP contribution in [0.25, 0.3) is 0 Å². The lowest BCUT2D eigenvalue weighted by molar-refractivity contribution is -0.384. The van der Waals surface area contributed by atoms with Gasteiger partial charge in [0.1, 0.15) is 17.2 Å². The Kier molecular flexibility index (Phi) is 3.66. The maximum absolute atomic E-state index is 10.8. The van der Waals surface area contributed by atoms with E-state index >= 15 is 0 Å². The molecule has 7 nitrogen and oxygen atoms in total. The summed E-state index contributed by atoms with van der Waals surface area (Å²) in [7, 11) is 0. The van der Waals surface area contributed by atoms with Crippen LogP contribution in [0, 0.1) is 17.0 Å². The number of hydrogen-bond donors (Lipinski definition) is 2. The fourth-order valence-corrected chi connectivity index (χ4v) is 1.92. The molecule has 2 rings (SSSR count). The molecule has 0 bridgehead atoms. The minimum Gasteiger partial charge on any atom is -0.375 e. The molecule has 1 unspecified atom stereocenters. The van der Waals surface area contributed by atoms with Gasteiger partial charge in [-0.3, -0.25) is 15.2 Å². The Morgan fingerprint density at radius 3 is 2.84 bits per heavy atom. The van der Waals surface area contributed by atoms with E-state index in [1.54, 1.807) is 13.0 Å². The molecule has 19 heavy (non-hydrogen) atoms. The van der Waals surface area contributed by atoms with Crippen LogP contribution < -0.4 is 5.32 Å². The fourth-order valence-electron chi connectivity index (χ4n) is 1.69. The lowest BCUT2D eigenvalue weighted by Crippen LogP contribution is -2.09. The third-order valence-electron chi connectivity index (χ3n) is 2.71. The third-order valence-corrected chi connectivity index (χ3v) is 3.01. The van der Waals surface area contributed by atoms with Gasteiger partial charge in [-0.05, 0) is 25.5 Å². The van der Waals surface area contributed by atoms with E-state index in [-0.39, 0.29) is 16.8 Å². The summed E-state index contributed by atoms with van der Waals surface area (Å²) in [5, 5.41) is 20.6. The predicted octanol–water partition coefficient (Wildman–Crippen LogP) is 2.85. The second kappa shape index (κ2) is 5.23. The fraction of sp³-hybridized carbons (Fsp3) is 0.273. The molecule has 0 saturated heterocycles. The van der Waals surface area contributed by atoms with Gasteiger partial charge in [0.2, 0.25) is 0 Å². The van der Waals surface area contributed by atoms with Crippen LogP contribution in [0.2, 0.25) is 5.02 Å². The molecule has 100 valence electrons. The van der Waals surface area contributed by atoms with Gasteiger partial charge in [0, 0.05) is 11.8 Å². The van der Waals surface area contributed by atoms with Crippen molar-refractivity contribution in [2.24, 2.45) is 0 Å². The number of nitro benzene ring substituents is 1. The van der Waals surface area contributed by atoms with Gasteiger partial charge in [0.05, 0.1) is 11.0 Å². The van der Waals surface area contributed by atoms with Gasteiger partial charge in [-0.25, -0.2) is 4.98 Å². The summed E-state index contributed by atoms with van der Waals surface area (Å²) in [5.41, 5.74) is 1.36. The number of aromatic amines is 1. The number of rotatable bonds is 4. The van der Waals surface area contributed by atoms with E-state index in [2.05, 4.69) is 20.5 Å². The van der Waals surface area contributed by atoms with E-state index < -0.39 is 4.92 Å². The second-order valence-corrected chi connectivity index (χ2v) is 4.52. The van der Waals surface area contributed by atoms with E-state index in [0.29, 0.717) is 5.82 Å². The summed E-state index contributed by atoms with van der Waals surface area (Å²) in [4.78, 5) is 14.3. The van der Waals surface area contributed by atoms with Crippen LogP contribution in [-0.4, -0.2) is 20.1 Å². The van der Waals surface area contributed by atoms with Crippen LogP contribution in [0.5, 0.6) is 0 Å². The molecule has 0 aliphatic carbocycles. The number of aromatic nitrogens is 3. The molecule has 0 saturated carbocycles. The standard InChI is InChI=1S/C11H12ClN5O2/c1-6-3-10(17(18)19)8(12)4-9(6)15-7(2)11-13-5-14-16-11/h3-5,7,15H,1-2H3,(H,13,14,16). The highest BCUT2D eigenvalue weighted by Gasteiger charge is 2.16. The van der Waals surface area contributed by atoms with Crippen LogP contribution in [-0.2, 0) is 0 Å². The van der Waals surface area contributed by atoms with Crippen molar-refractivity contribution >= 4 is 23.0 Å². The first kappa shape index (κ1) is 13.3. The molecule has 0 amide bonds. The van der Waals surface area contributed by atoms with Crippen LogP contribution >= 0.6 is 11.6 Å². The third kappa shape index (κ3) is 2.82. The maximum Gasteiger partial charge on any atom is 0.288 e. The van der Waals surface area contributed by atoms with Gasteiger partial charge in [-0.15, -0.1) is 0 Å². The predicted molar refractivity (Wildman–Crippen MR) is 71.3 cm³/mol. The Morgan fingerprint density at radius 2 is 2.26 bits per heavy atom. The minimum atomic E-state index is -0.501. The summed E-state index contributed by atoms with van der Waals surface area (Å²) in [5.74, 6) is 0.675. The Bertz CT molecular complexity index is 599. The van der Waals surface area contributed by atoms with Crippen molar-refractivity contribution in [2.45, 2.75) is 19.9 Å². The topological polar surface area (TPSA) is 96.7 Å². The first-order chi connectivity index (χ1) is 8.99. The van der Waals surface area contributed by atoms with Crippen molar-refractivity contribution in [3.05, 3.63) is 45.0 Å². The summed E-state index contributed by atoms with van der Waals surface area (Å²) < 4.78 is 0. The Hall–Kier alpha value is -2.15. The molecule has 0 radical (unpaired) electrons. The van der Waals surface area contributed by atoms with Crippen LogP contribution in [0.4, 0.5) is 11.4 Å². The molecular formula is C11H12ClN5O2. The monoisotopic (exact) mass is 281 g/mol. The molecule has 2 aromatic rings. The Morgan fingerprint density at radius 1 is 1.53 bits per heavy atom. The number of nitro groups is 1. The number of nitrogens with one attached hydrogen (secondary N) is 2. The largest absolute Gasteiger partial charge is 0.375 e. The molecule has 0 aliphatic heterocycles. The number of anilines is 1. The van der Waals surface area contributed by atoms with Crippen LogP contribution in [0.3, 0.4) is 0 Å². The zero-order chi connectivity index (χ0) is 14.0. The second-order valence-electron chi connectivity index (χ2n) is 4.11. The quantitative estimate of drug-likeness (QED) is 0.663. The summed E-state index contributed by atoms with van der Waals surface area (Å²) >= 11 is 5.89. The molecular weight excluding hydrogens is 270 g/mol. The van der Waals surface area contributed by atoms with Gasteiger partial charge < -0.3 is 5.32 Å². The number of nitrogens with zero attached hydrogens (tertiary/aromatic N) is 3. The van der Waals surface area contributed by atoms with Gasteiger partial charge >= 0.3 is 0 Å². The lowest BCUT2D eigenvalue weighted by Gasteiger charge is -2.15. The van der Waals surface area contributed by atoms with Gasteiger partial charge in [-0.2, -0.15) is 5.10 Å². The SMILES string of the molecule is Cc1cc([N+](=O)[O-])c(Cl)cc1NC(C)c1ncn[nH]1. The summed E-state index contributed by atoms with van der Waals surface area (Å²) in [6.45, 7) is 3.67. The van der Waals surface area contributed by atoms with E-state index in [1.807, 2.05) is 6.92 Å². The maximum atomic E-state index is 10.8. The van der Waals surface area contributed by atoms with Crippen molar-refractivity contribution in [3.63, 3.8) is 0 Å². The van der Waals surface area contributed by atoms with E-state index in [0.717, 1.165) is 11.3 Å². The van der Waals surface area contributed by atoms with Gasteiger partial charge in [0.15, 0.2) is 0 Å². The molecule has 2 N–H and O–H groups in total. The average molecular weight is 282 g/mol. The summed E-state index contributed by atoms with van der Waals surface area (Å²) in [6, 6.07) is 2.87. The number of aryl methyl sites for hydroxylation is 1. The van der Waals surface area contributed by atoms with E-state index in [9.17, 15) is 10.1 Å². The van der Waals surface area contributed by atoms with Crippen molar-refractivity contribution in [1.82, 2.24) is 15.2 Å². The Labute approximate surface area is 114 Å². The normalized spacial score (nSPS) is 12.2. The van der Waals surface area contributed by atoms with Crippen molar-refractivity contribution in [3.8, 4) is 0 Å². The number of benzene rings is 1. The molecule has 1 aromatic carbocycles. The van der Waals surface area contributed by atoms with Crippen molar-refractivity contribution in [1.29, 1.82) is 0 Å². The lowest BCUT2D eigenvalue weighted by atomic mass is 10.1. The molecule has 1 atom stereocenters. The first-order valence-electron chi connectivity index (χ1n) is 5.55. The van der Waals surface area contributed by atoms with Crippen LogP contribution in [0.15, 0.2) is 18.5 Å². The molecule has 0 fully saturated rings. The number of H-pyrrole nitrogens is 1. The molecule has 0 aliphatic rings. The number of hydrogen-bond acceptors (Lipinski definition) is 5. The number of halogens is 1. The van der Waals surface area contributed by atoms with Crippen LogP contribution in [0.1, 0.15) is 24.4 Å². The summed E-state index contributed by atoms with van der Waals surface area (Å²) in [6.07, 6.45) is 1.42. The zero-order valence-electron chi connectivity index (χ0n) is 10.3. The molecule has 8 heteroatoms. The highest BCUT2D eigenvalue weighted by Crippen LogP contribution is 2.31. The molecule has 1 heterocycles. The minimum absolute atomic E-state index is 0.0999. The van der Waals surface area contributed by atoms with Gasteiger partial charge in [-0.1, -0.05) is 11.6 Å². The van der Waals surface area contributed by atoms with Crippen molar-refractivity contribution in [2.75, 3.05) is 5.32 Å². The molecule has 0 spiro atoms. The van der Waals surface area contributed by atoms with E-state index in [1.165, 1.54) is 12.4 Å². The van der Waals surface area contributed by atoms with Crippen molar-refractivity contribution < 1.29 is 4.92 Å². The first-order valence-corrected chi connectivity index (χ1v) is 5.93. The smallest absolute Gasteiger partial charge is 0.288 e. The zero-order valence-corrected chi connectivity index (χ0v) is 11.1. The molecule has 1 aromatic heterocycles. The van der Waals surface area contributed by atoms with E-state index in [4.69, 9.17) is 11.6 Å². The van der Waals surface area contributed by atoms with Gasteiger partial charge in [0.25, 0.3) is 5.69 Å². The highest BCUT2D eigenvalue weighted by atomic mass is 35.5. The Balaban J connectivity index is 2.26.